The van der Waals surface area contributed by atoms with Crippen molar-refractivity contribution in [2.75, 3.05) is 13.2 Å². The van der Waals surface area contributed by atoms with Crippen molar-refractivity contribution in [3.05, 3.63) is 11.6 Å². The van der Waals surface area contributed by atoms with E-state index in [2.05, 4.69) is 15.2 Å². The van der Waals surface area contributed by atoms with Gasteiger partial charge in [-0.2, -0.15) is 5.10 Å². The predicted octanol–water partition coefficient (Wildman–Crippen LogP) is -0.446. The van der Waals surface area contributed by atoms with E-state index in [4.69, 9.17) is 10.5 Å². The van der Waals surface area contributed by atoms with Gasteiger partial charge in [0, 0.05) is 6.04 Å². The molecular formula is C7H12N4O. The van der Waals surface area contributed by atoms with Gasteiger partial charge in [-0.25, -0.2) is 4.98 Å². The van der Waals surface area contributed by atoms with Gasteiger partial charge in [0.05, 0.1) is 19.1 Å². The van der Waals surface area contributed by atoms with Gasteiger partial charge in [0.25, 0.3) is 0 Å². The highest BCUT2D eigenvalue weighted by Gasteiger charge is 2.28. The highest BCUT2D eigenvalue weighted by molar-refractivity contribution is 5.03. The number of nitrogens with two attached hydrogens (primary N) is 1. The second-order valence-corrected chi connectivity index (χ2v) is 3.08. The van der Waals surface area contributed by atoms with Crippen molar-refractivity contribution >= 4 is 0 Å². The molecule has 1 aliphatic rings. The van der Waals surface area contributed by atoms with Crippen LogP contribution < -0.4 is 5.73 Å². The van der Waals surface area contributed by atoms with Crippen molar-refractivity contribution in [1.82, 2.24) is 15.2 Å². The molecular weight excluding hydrogens is 156 g/mol. The maximum absolute atomic E-state index is 5.81. The number of rotatable bonds is 1. The molecule has 2 atom stereocenters. The topological polar surface area (TPSA) is 76.8 Å². The summed E-state index contributed by atoms with van der Waals surface area (Å²) in [6.07, 6.45) is 0. The number of aromatic amines is 1. The van der Waals surface area contributed by atoms with Gasteiger partial charge in [-0.1, -0.05) is 0 Å². The van der Waals surface area contributed by atoms with Crippen LogP contribution in [-0.4, -0.2) is 34.4 Å². The monoisotopic (exact) mass is 168 g/mol. The fraction of sp³-hybridized carbons (Fsp3) is 0.714. The van der Waals surface area contributed by atoms with Crippen LogP contribution in [0.15, 0.2) is 0 Å². The first-order chi connectivity index (χ1) is 5.77. The smallest absolute Gasteiger partial charge is 0.147 e. The molecule has 3 N–H and O–H groups in total. The number of hydrogen-bond donors (Lipinski definition) is 2. The van der Waals surface area contributed by atoms with Crippen LogP contribution in [0.25, 0.3) is 0 Å². The third-order valence-electron chi connectivity index (χ3n) is 2.09. The van der Waals surface area contributed by atoms with Crippen molar-refractivity contribution in [3.63, 3.8) is 0 Å². The molecule has 0 radical (unpaired) electrons. The molecule has 0 saturated carbocycles. The molecule has 1 fully saturated rings. The van der Waals surface area contributed by atoms with Gasteiger partial charge in [0.15, 0.2) is 0 Å². The summed E-state index contributed by atoms with van der Waals surface area (Å²) >= 11 is 0. The fourth-order valence-corrected chi connectivity index (χ4v) is 1.38. The molecule has 0 amide bonds. The zero-order chi connectivity index (χ0) is 8.55. The van der Waals surface area contributed by atoms with Crippen LogP contribution in [0, 0.1) is 6.92 Å². The van der Waals surface area contributed by atoms with E-state index in [-0.39, 0.29) is 12.0 Å². The molecule has 0 unspecified atom stereocenters. The summed E-state index contributed by atoms with van der Waals surface area (Å²) in [6.45, 7) is 3.11. The molecule has 5 heteroatoms. The van der Waals surface area contributed by atoms with Gasteiger partial charge in [-0.15, -0.1) is 0 Å². The standard InChI is InChI=1S/C7H12N4O/c1-4-9-7(11-10-4)5-2-12-3-6(5)8/h5-6H,2-3,8H2,1H3,(H,9,10,11)/t5-,6+/m0/s1. The van der Waals surface area contributed by atoms with Crippen LogP contribution in [0.1, 0.15) is 17.6 Å². The maximum atomic E-state index is 5.81. The Morgan fingerprint density at radius 3 is 2.92 bits per heavy atom. The summed E-state index contributed by atoms with van der Waals surface area (Å²) < 4.78 is 5.22. The lowest BCUT2D eigenvalue weighted by Gasteiger charge is -2.07. The second-order valence-electron chi connectivity index (χ2n) is 3.08. The van der Waals surface area contributed by atoms with Crippen molar-refractivity contribution in [2.24, 2.45) is 5.73 Å². The van der Waals surface area contributed by atoms with E-state index >= 15 is 0 Å². The second kappa shape index (κ2) is 2.84. The Kier molecular flexibility index (Phi) is 1.82. The lowest BCUT2D eigenvalue weighted by atomic mass is 10.0. The molecule has 1 aromatic heterocycles. The van der Waals surface area contributed by atoms with E-state index in [0.29, 0.717) is 13.2 Å². The average molecular weight is 168 g/mol. The van der Waals surface area contributed by atoms with Gasteiger partial charge < -0.3 is 10.5 Å². The number of hydrogen-bond acceptors (Lipinski definition) is 4. The van der Waals surface area contributed by atoms with Crippen LogP contribution in [0.2, 0.25) is 0 Å². The third-order valence-corrected chi connectivity index (χ3v) is 2.09. The minimum absolute atomic E-state index is 0.0531. The van der Waals surface area contributed by atoms with E-state index in [9.17, 15) is 0 Å². The van der Waals surface area contributed by atoms with E-state index in [0.717, 1.165) is 11.6 Å². The van der Waals surface area contributed by atoms with Gasteiger partial charge in [0.1, 0.15) is 11.6 Å². The van der Waals surface area contributed by atoms with Gasteiger partial charge in [-0.3, -0.25) is 5.10 Å². The third kappa shape index (κ3) is 1.21. The fourth-order valence-electron chi connectivity index (χ4n) is 1.38. The Bertz CT molecular complexity index is 272. The van der Waals surface area contributed by atoms with Crippen LogP contribution in [0.3, 0.4) is 0 Å². The molecule has 1 aromatic rings. The lowest BCUT2D eigenvalue weighted by Crippen LogP contribution is -2.27. The zero-order valence-corrected chi connectivity index (χ0v) is 6.95. The molecule has 1 aliphatic heterocycles. The van der Waals surface area contributed by atoms with Gasteiger partial charge in [0.2, 0.25) is 0 Å². The molecule has 1 saturated heterocycles. The normalized spacial score (nSPS) is 29.5. The van der Waals surface area contributed by atoms with Crippen molar-refractivity contribution in [1.29, 1.82) is 0 Å². The summed E-state index contributed by atoms with van der Waals surface area (Å²) in [5.41, 5.74) is 5.81. The Labute approximate surface area is 70.3 Å². The maximum Gasteiger partial charge on any atom is 0.147 e. The van der Waals surface area contributed by atoms with Crippen molar-refractivity contribution < 1.29 is 4.74 Å². The van der Waals surface area contributed by atoms with Crippen molar-refractivity contribution in [2.45, 2.75) is 18.9 Å². The average Bonchev–Trinajstić information content (AvgIpc) is 2.58. The molecule has 12 heavy (non-hydrogen) atoms. The summed E-state index contributed by atoms with van der Waals surface area (Å²) in [7, 11) is 0. The Morgan fingerprint density at radius 1 is 1.58 bits per heavy atom. The van der Waals surface area contributed by atoms with E-state index in [1.165, 1.54) is 0 Å². The first-order valence-corrected chi connectivity index (χ1v) is 3.99. The van der Waals surface area contributed by atoms with Crippen LogP contribution in [-0.2, 0) is 4.74 Å². The molecule has 0 aliphatic carbocycles. The van der Waals surface area contributed by atoms with Crippen LogP contribution >= 0.6 is 0 Å². The SMILES string of the molecule is Cc1n[nH]c([C@H]2COC[C@H]2N)n1. The highest BCUT2D eigenvalue weighted by Crippen LogP contribution is 2.20. The number of aryl methyl sites for hydroxylation is 1. The first kappa shape index (κ1) is 7.70. The molecule has 66 valence electrons. The molecule has 0 bridgehead atoms. The largest absolute Gasteiger partial charge is 0.379 e. The van der Waals surface area contributed by atoms with Crippen LogP contribution in [0.4, 0.5) is 0 Å². The van der Waals surface area contributed by atoms with E-state index in [1.54, 1.807) is 0 Å². The molecule has 0 spiro atoms. The van der Waals surface area contributed by atoms with E-state index in [1.807, 2.05) is 6.92 Å². The van der Waals surface area contributed by atoms with Gasteiger partial charge in [-0.05, 0) is 6.92 Å². The summed E-state index contributed by atoms with van der Waals surface area (Å²) in [4.78, 5) is 4.22. The highest BCUT2D eigenvalue weighted by atomic mass is 16.5. The number of aromatic nitrogens is 3. The first-order valence-electron chi connectivity index (χ1n) is 3.99. The minimum Gasteiger partial charge on any atom is -0.379 e. The minimum atomic E-state index is 0.0531. The lowest BCUT2D eigenvalue weighted by molar-refractivity contribution is 0.190. The van der Waals surface area contributed by atoms with Gasteiger partial charge >= 0.3 is 0 Å². The molecule has 2 rings (SSSR count). The number of nitrogens with one attached hydrogen (secondary N) is 1. The number of nitrogens with zero attached hydrogens (tertiary/aromatic N) is 2. The summed E-state index contributed by atoms with van der Waals surface area (Å²) in [5.74, 6) is 1.79. The Morgan fingerprint density at radius 2 is 2.42 bits per heavy atom. The summed E-state index contributed by atoms with van der Waals surface area (Å²) in [5, 5.41) is 6.81. The van der Waals surface area contributed by atoms with Crippen LogP contribution in [0.5, 0.6) is 0 Å². The molecule has 5 nitrogen and oxygen atoms in total. The molecule has 2 heterocycles. The zero-order valence-electron chi connectivity index (χ0n) is 6.95. The summed E-state index contributed by atoms with van der Waals surface area (Å²) in [6, 6.07) is 0.0531. The number of ether oxygens (including phenoxy) is 1. The Balaban J connectivity index is 2.19. The van der Waals surface area contributed by atoms with E-state index < -0.39 is 0 Å². The quantitative estimate of drug-likeness (QED) is 0.595. The predicted molar refractivity (Wildman–Crippen MR) is 42.7 cm³/mol. The molecule has 0 aromatic carbocycles. The van der Waals surface area contributed by atoms with Crippen molar-refractivity contribution in [3.8, 4) is 0 Å². The Hall–Kier alpha value is -0.940. The number of H-pyrrole nitrogens is 1.